The third-order valence-corrected chi connectivity index (χ3v) is 3.51. The minimum Gasteiger partial charge on any atom is -0.497 e. The van der Waals surface area contributed by atoms with Gasteiger partial charge >= 0.3 is 0 Å². The van der Waals surface area contributed by atoms with Crippen molar-refractivity contribution in [1.82, 2.24) is 0 Å². The van der Waals surface area contributed by atoms with Crippen LogP contribution in [-0.2, 0) is 4.79 Å². The molecule has 0 radical (unpaired) electrons. The fourth-order valence-electron chi connectivity index (χ4n) is 2.01. The van der Waals surface area contributed by atoms with E-state index in [1.807, 2.05) is 6.07 Å². The van der Waals surface area contributed by atoms with E-state index in [2.05, 4.69) is 5.32 Å². The lowest BCUT2D eigenvalue weighted by molar-refractivity contribution is -0.123. The molecule has 0 aromatic heterocycles. The Labute approximate surface area is 145 Å². The number of methoxy groups -OCH3 is 1. The number of ether oxygens (including phenoxy) is 2. The number of nitrogens with one attached hydrogen (secondary N) is 1. The molecule has 2 rings (SSSR count). The average Bonchev–Trinajstić information content (AvgIpc) is 2.60. The summed E-state index contributed by atoms with van der Waals surface area (Å²) in [5, 5.41) is 12.1. The van der Waals surface area contributed by atoms with Gasteiger partial charge in [0.15, 0.2) is 6.10 Å². The fourth-order valence-corrected chi connectivity index (χ4v) is 2.14. The number of amides is 1. The highest BCUT2D eigenvalue weighted by molar-refractivity contribution is 6.30. The van der Waals surface area contributed by atoms with Crippen LogP contribution in [0, 0.1) is 11.3 Å². The van der Waals surface area contributed by atoms with E-state index in [1.165, 1.54) is 0 Å². The van der Waals surface area contributed by atoms with Crippen LogP contribution in [0.1, 0.15) is 12.8 Å². The zero-order chi connectivity index (χ0) is 17.4. The van der Waals surface area contributed by atoms with Crippen molar-refractivity contribution < 1.29 is 14.3 Å². The molecule has 0 aliphatic heterocycles. The highest BCUT2D eigenvalue weighted by Gasteiger charge is 2.20. The normalized spacial score (nSPS) is 11.2. The first-order valence-electron chi connectivity index (χ1n) is 7.36. The maximum Gasteiger partial charge on any atom is 0.265 e. The first kappa shape index (κ1) is 17.6. The van der Waals surface area contributed by atoms with Crippen LogP contribution < -0.4 is 14.8 Å². The number of halogens is 1. The van der Waals surface area contributed by atoms with E-state index < -0.39 is 6.10 Å². The zero-order valence-electron chi connectivity index (χ0n) is 13.2. The van der Waals surface area contributed by atoms with Gasteiger partial charge < -0.3 is 14.8 Å². The molecular weight excluding hydrogens is 328 g/mol. The predicted molar refractivity (Wildman–Crippen MR) is 92.3 cm³/mol. The summed E-state index contributed by atoms with van der Waals surface area (Å²) in [6, 6.07) is 15.7. The molecule has 0 aliphatic rings. The van der Waals surface area contributed by atoms with Crippen LogP contribution in [0.2, 0.25) is 5.02 Å². The van der Waals surface area contributed by atoms with Gasteiger partial charge in [0.25, 0.3) is 5.91 Å². The van der Waals surface area contributed by atoms with Crippen LogP contribution in [0.4, 0.5) is 5.69 Å². The quantitative estimate of drug-likeness (QED) is 0.822. The third-order valence-electron chi connectivity index (χ3n) is 3.26. The number of rotatable bonds is 7. The van der Waals surface area contributed by atoms with Crippen LogP contribution >= 0.6 is 11.6 Å². The average molecular weight is 345 g/mol. The van der Waals surface area contributed by atoms with Crippen LogP contribution in [0.15, 0.2) is 48.5 Å². The van der Waals surface area contributed by atoms with Crippen molar-refractivity contribution >= 4 is 23.2 Å². The first-order chi connectivity index (χ1) is 11.6. The molecule has 24 heavy (non-hydrogen) atoms. The van der Waals surface area contributed by atoms with Crippen LogP contribution in [-0.4, -0.2) is 19.1 Å². The molecule has 0 spiro atoms. The molecule has 6 heteroatoms. The van der Waals surface area contributed by atoms with Crippen molar-refractivity contribution in [1.29, 1.82) is 5.26 Å². The molecule has 0 fully saturated rings. The van der Waals surface area contributed by atoms with E-state index in [9.17, 15) is 4.79 Å². The molecule has 124 valence electrons. The molecule has 0 saturated carbocycles. The van der Waals surface area contributed by atoms with E-state index in [0.717, 1.165) is 0 Å². The van der Waals surface area contributed by atoms with Crippen molar-refractivity contribution in [3.05, 3.63) is 53.6 Å². The van der Waals surface area contributed by atoms with Crippen molar-refractivity contribution in [2.75, 3.05) is 12.4 Å². The Morgan fingerprint density at radius 3 is 2.38 bits per heavy atom. The van der Waals surface area contributed by atoms with Gasteiger partial charge in [-0.05, 0) is 48.5 Å². The van der Waals surface area contributed by atoms with Gasteiger partial charge in [-0.15, -0.1) is 0 Å². The van der Waals surface area contributed by atoms with Gasteiger partial charge in [-0.2, -0.15) is 5.26 Å². The lowest BCUT2D eigenvalue weighted by Gasteiger charge is -2.18. The smallest absolute Gasteiger partial charge is 0.265 e. The van der Waals surface area contributed by atoms with Gasteiger partial charge in [0.1, 0.15) is 11.5 Å². The lowest BCUT2D eigenvalue weighted by Crippen LogP contribution is -2.33. The van der Waals surface area contributed by atoms with Crippen LogP contribution in [0.25, 0.3) is 0 Å². The van der Waals surface area contributed by atoms with Crippen molar-refractivity contribution in [2.24, 2.45) is 0 Å². The summed E-state index contributed by atoms with van der Waals surface area (Å²) in [5.74, 6) is 0.907. The predicted octanol–water partition coefficient (Wildman–Crippen LogP) is 4.04. The molecule has 1 atom stereocenters. The Morgan fingerprint density at radius 1 is 1.17 bits per heavy atom. The van der Waals surface area contributed by atoms with Crippen LogP contribution in [0.5, 0.6) is 11.5 Å². The summed E-state index contributed by atoms with van der Waals surface area (Å²) in [6.45, 7) is 0. The number of anilines is 1. The number of carbonyl (C=O) groups excluding carboxylic acids is 1. The second-order valence-electron chi connectivity index (χ2n) is 4.97. The summed E-state index contributed by atoms with van der Waals surface area (Å²) in [7, 11) is 1.57. The van der Waals surface area contributed by atoms with Gasteiger partial charge in [-0.1, -0.05) is 11.6 Å². The number of hydrogen-bond donors (Lipinski definition) is 1. The van der Waals surface area contributed by atoms with Gasteiger partial charge in [0.05, 0.1) is 13.2 Å². The minimum absolute atomic E-state index is 0.217. The Hall–Kier alpha value is -2.71. The Morgan fingerprint density at radius 2 is 1.79 bits per heavy atom. The topological polar surface area (TPSA) is 71.3 Å². The van der Waals surface area contributed by atoms with Gasteiger partial charge in [-0.3, -0.25) is 4.79 Å². The molecule has 0 bridgehead atoms. The van der Waals surface area contributed by atoms with Crippen LogP contribution in [0.3, 0.4) is 0 Å². The fraction of sp³-hybridized carbons (Fsp3) is 0.222. The first-order valence-corrected chi connectivity index (χ1v) is 7.74. The summed E-state index contributed by atoms with van der Waals surface area (Å²) < 4.78 is 10.8. The monoisotopic (exact) mass is 344 g/mol. The second kappa shape index (κ2) is 8.80. The van der Waals surface area contributed by atoms with Gasteiger partial charge in [0.2, 0.25) is 0 Å². The van der Waals surface area contributed by atoms with E-state index in [1.54, 1.807) is 55.6 Å². The number of nitriles is 1. The highest BCUT2D eigenvalue weighted by Crippen LogP contribution is 2.20. The molecular formula is C18H17ClN2O3. The van der Waals surface area contributed by atoms with Crippen molar-refractivity contribution in [3.8, 4) is 17.6 Å². The van der Waals surface area contributed by atoms with E-state index in [0.29, 0.717) is 28.6 Å². The number of nitrogens with zero attached hydrogens (tertiary/aromatic N) is 1. The summed E-state index contributed by atoms with van der Waals surface area (Å²) in [6.07, 6.45) is -0.261. The highest BCUT2D eigenvalue weighted by atomic mass is 35.5. The molecule has 0 saturated heterocycles. The molecule has 0 heterocycles. The number of benzene rings is 2. The van der Waals surface area contributed by atoms with Crippen molar-refractivity contribution in [2.45, 2.75) is 18.9 Å². The minimum atomic E-state index is -0.770. The molecule has 5 nitrogen and oxygen atoms in total. The molecule has 1 amide bonds. The second-order valence-corrected chi connectivity index (χ2v) is 5.41. The van der Waals surface area contributed by atoms with E-state index in [4.69, 9.17) is 26.3 Å². The number of carbonyl (C=O) groups is 1. The Bertz CT molecular complexity index is 709. The molecule has 0 aliphatic carbocycles. The zero-order valence-corrected chi connectivity index (χ0v) is 13.9. The molecule has 1 N–H and O–H groups in total. The largest absolute Gasteiger partial charge is 0.497 e. The molecule has 2 aromatic rings. The van der Waals surface area contributed by atoms with E-state index in [-0.39, 0.29) is 12.3 Å². The SMILES string of the molecule is COc1ccc(NC(=O)C(CCC#N)Oc2ccc(Cl)cc2)cc1. The summed E-state index contributed by atoms with van der Waals surface area (Å²) >= 11 is 5.84. The maximum absolute atomic E-state index is 12.4. The Kier molecular flexibility index (Phi) is 6.47. The Balaban J connectivity index is 2.06. The van der Waals surface area contributed by atoms with Crippen molar-refractivity contribution in [3.63, 3.8) is 0 Å². The molecule has 1 unspecified atom stereocenters. The summed E-state index contributed by atoms with van der Waals surface area (Å²) in [4.78, 5) is 12.4. The standard InChI is InChI=1S/C18H17ClN2O3/c1-23-15-10-6-14(7-11-15)21-18(22)17(3-2-12-20)24-16-8-4-13(19)5-9-16/h4-11,17H,2-3H2,1H3,(H,21,22). The van der Waals surface area contributed by atoms with E-state index >= 15 is 0 Å². The number of hydrogen-bond acceptors (Lipinski definition) is 4. The lowest BCUT2D eigenvalue weighted by atomic mass is 10.2. The summed E-state index contributed by atoms with van der Waals surface area (Å²) in [5.41, 5.74) is 0.627. The van der Waals surface area contributed by atoms with Gasteiger partial charge in [0, 0.05) is 23.6 Å². The third kappa shape index (κ3) is 5.18. The molecule has 2 aromatic carbocycles. The van der Waals surface area contributed by atoms with Gasteiger partial charge in [-0.25, -0.2) is 0 Å². The maximum atomic E-state index is 12.4.